The predicted molar refractivity (Wildman–Crippen MR) is 59.9 cm³/mol. The van der Waals surface area contributed by atoms with Crippen LogP contribution in [0.4, 0.5) is 0 Å². The van der Waals surface area contributed by atoms with Crippen LogP contribution in [0.5, 0.6) is 0 Å². The van der Waals surface area contributed by atoms with E-state index in [0.29, 0.717) is 13.2 Å². The molecule has 1 heterocycles. The van der Waals surface area contributed by atoms with E-state index in [1.807, 2.05) is 6.07 Å². The van der Waals surface area contributed by atoms with Crippen LogP contribution in [0.3, 0.4) is 0 Å². The van der Waals surface area contributed by atoms with Crippen molar-refractivity contribution in [3.63, 3.8) is 0 Å². The maximum atomic E-state index is 11.6. The smallest absolute Gasteiger partial charge is 0.323 e. The van der Waals surface area contributed by atoms with E-state index >= 15 is 0 Å². The summed E-state index contributed by atoms with van der Waals surface area (Å²) >= 11 is 0. The van der Waals surface area contributed by atoms with Gasteiger partial charge in [0, 0.05) is 0 Å². The number of ether oxygens (including phenoxy) is 1. The number of hydrogen-bond donors (Lipinski definition) is 1. The third-order valence-electron chi connectivity index (χ3n) is 2.63. The second-order valence-corrected chi connectivity index (χ2v) is 3.82. The Bertz CT molecular complexity index is 324. The Balaban J connectivity index is 2.44. The lowest BCUT2D eigenvalue weighted by Gasteiger charge is -2.21. The van der Waals surface area contributed by atoms with E-state index in [-0.39, 0.29) is 31.0 Å². The topological polar surface area (TPSA) is 82.4 Å². The van der Waals surface area contributed by atoms with Gasteiger partial charge in [-0.3, -0.25) is 14.5 Å². The first-order valence-electron chi connectivity index (χ1n) is 5.73. The Kier molecular flexibility index (Phi) is 5.43. The van der Waals surface area contributed by atoms with Gasteiger partial charge < -0.3 is 10.1 Å². The van der Waals surface area contributed by atoms with Gasteiger partial charge in [0.05, 0.1) is 19.2 Å². The van der Waals surface area contributed by atoms with Gasteiger partial charge in [0.25, 0.3) is 0 Å². The number of nitrogens with zero attached hydrogens (tertiary/aromatic N) is 2. The molecule has 0 saturated carbocycles. The van der Waals surface area contributed by atoms with Crippen molar-refractivity contribution < 1.29 is 14.3 Å². The minimum Gasteiger partial charge on any atom is -0.465 e. The summed E-state index contributed by atoms with van der Waals surface area (Å²) in [5.41, 5.74) is 0. The predicted octanol–water partition coefficient (Wildman–Crippen LogP) is -0.346. The molecular weight excluding hydrogens is 222 g/mol. The number of carbonyl (C=O) groups excluding carboxylic acids is 2. The average molecular weight is 239 g/mol. The van der Waals surface area contributed by atoms with Gasteiger partial charge >= 0.3 is 5.97 Å². The van der Waals surface area contributed by atoms with E-state index < -0.39 is 0 Å². The van der Waals surface area contributed by atoms with E-state index in [9.17, 15) is 9.59 Å². The maximum Gasteiger partial charge on any atom is 0.323 e. The average Bonchev–Trinajstić information content (AvgIpc) is 2.75. The van der Waals surface area contributed by atoms with Crippen molar-refractivity contribution in [3.8, 4) is 6.07 Å². The van der Waals surface area contributed by atoms with Gasteiger partial charge in [-0.05, 0) is 26.3 Å². The molecule has 0 aromatic carbocycles. The monoisotopic (exact) mass is 239 g/mol. The number of nitrogens with one attached hydrogen (secondary N) is 1. The van der Waals surface area contributed by atoms with Crippen LogP contribution in [0.25, 0.3) is 0 Å². The van der Waals surface area contributed by atoms with Crippen LogP contribution in [-0.4, -0.2) is 49.1 Å². The zero-order valence-electron chi connectivity index (χ0n) is 9.94. The standard InChI is InChI=1S/C11H17N3O3/c1-2-17-11(16)9-4-3-7-14(9)8-10(15)13-6-5-12/h9H,2-4,6-8H2,1H3,(H,13,15). The summed E-state index contributed by atoms with van der Waals surface area (Å²) in [4.78, 5) is 24.8. The summed E-state index contributed by atoms with van der Waals surface area (Å²) < 4.78 is 4.95. The molecule has 0 radical (unpaired) electrons. The lowest BCUT2D eigenvalue weighted by Crippen LogP contribution is -2.43. The molecule has 0 spiro atoms. The van der Waals surface area contributed by atoms with Crippen LogP contribution in [0.2, 0.25) is 0 Å². The first-order valence-corrected chi connectivity index (χ1v) is 5.73. The Morgan fingerprint density at radius 3 is 3.00 bits per heavy atom. The zero-order valence-corrected chi connectivity index (χ0v) is 9.94. The van der Waals surface area contributed by atoms with Crippen LogP contribution in [0.1, 0.15) is 19.8 Å². The first-order chi connectivity index (χ1) is 8.19. The molecule has 1 fully saturated rings. The fourth-order valence-corrected chi connectivity index (χ4v) is 1.90. The first kappa shape index (κ1) is 13.5. The van der Waals surface area contributed by atoms with Crippen molar-refractivity contribution in [1.82, 2.24) is 10.2 Å². The Labute approximate surface area is 101 Å². The maximum absolute atomic E-state index is 11.6. The highest BCUT2D eigenvalue weighted by Gasteiger charge is 2.32. The molecule has 94 valence electrons. The zero-order chi connectivity index (χ0) is 12.7. The van der Waals surface area contributed by atoms with Gasteiger partial charge in [-0.1, -0.05) is 0 Å². The summed E-state index contributed by atoms with van der Waals surface area (Å²) in [5.74, 6) is -0.499. The van der Waals surface area contributed by atoms with E-state index in [0.717, 1.165) is 12.8 Å². The van der Waals surface area contributed by atoms with Crippen molar-refractivity contribution in [1.29, 1.82) is 5.26 Å². The van der Waals surface area contributed by atoms with Gasteiger partial charge in [0.15, 0.2) is 0 Å². The lowest BCUT2D eigenvalue weighted by atomic mass is 10.2. The Morgan fingerprint density at radius 2 is 2.35 bits per heavy atom. The fraction of sp³-hybridized carbons (Fsp3) is 0.727. The van der Waals surface area contributed by atoms with Crippen molar-refractivity contribution in [2.75, 3.05) is 26.2 Å². The van der Waals surface area contributed by atoms with E-state index in [1.54, 1.807) is 11.8 Å². The number of rotatable bonds is 5. The third-order valence-corrected chi connectivity index (χ3v) is 2.63. The molecule has 0 aromatic rings. The van der Waals surface area contributed by atoms with Gasteiger partial charge in [-0.2, -0.15) is 5.26 Å². The number of carbonyl (C=O) groups is 2. The number of likely N-dealkylation sites (tertiary alicyclic amines) is 1. The van der Waals surface area contributed by atoms with E-state index in [1.165, 1.54) is 0 Å². The highest BCUT2D eigenvalue weighted by molar-refractivity contribution is 5.81. The highest BCUT2D eigenvalue weighted by Crippen LogP contribution is 2.17. The van der Waals surface area contributed by atoms with Gasteiger partial charge in [0.1, 0.15) is 12.6 Å². The van der Waals surface area contributed by atoms with Crippen LogP contribution in [0, 0.1) is 11.3 Å². The molecule has 0 aliphatic carbocycles. The van der Waals surface area contributed by atoms with Crippen molar-refractivity contribution in [2.24, 2.45) is 0 Å². The second kappa shape index (κ2) is 6.86. The molecule has 1 saturated heterocycles. The normalized spacial score (nSPS) is 19.6. The molecule has 1 unspecified atom stereocenters. The van der Waals surface area contributed by atoms with Crippen LogP contribution < -0.4 is 5.32 Å². The van der Waals surface area contributed by atoms with Gasteiger partial charge in [-0.15, -0.1) is 0 Å². The van der Waals surface area contributed by atoms with E-state index in [4.69, 9.17) is 10.00 Å². The molecule has 1 atom stereocenters. The molecule has 0 bridgehead atoms. The number of esters is 1. The fourth-order valence-electron chi connectivity index (χ4n) is 1.90. The molecule has 0 aromatic heterocycles. The summed E-state index contributed by atoms with van der Waals surface area (Å²) in [6.07, 6.45) is 1.61. The number of amides is 1. The summed E-state index contributed by atoms with van der Waals surface area (Å²) in [6.45, 7) is 2.96. The summed E-state index contributed by atoms with van der Waals surface area (Å²) in [7, 11) is 0. The van der Waals surface area contributed by atoms with Crippen molar-refractivity contribution in [3.05, 3.63) is 0 Å². The summed E-state index contributed by atoms with van der Waals surface area (Å²) in [5, 5.41) is 10.8. The molecule has 6 heteroatoms. The third kappa shape index (κ3) is 4.04. The largest absolute Gasteiger partial charge is 0.465 e. The summed E-state index contributed by atoms with van der Waals surface area (Å²) in [6, 6.07) is 1.52. The molecule has 1 aliphatic heterocycles. The van der Waals surface area contributed by atoms with Gasteiger partial charge in [-0.25, -0.2) is 0 Å². The highest BCUT2D eigenvalue weighted by atomic mass is 16.5. The van der Waals surface area contributed by atoms with E-state index in [2.05, 4.69) is 5.32 Å². The molecule has 1 N–H and O–H groups in total. The molecule has 1 rings (SSSR count). The van der Waals surface area contributed by atoms with Crippen LogP contribution in [0.15, 0.2) is 0 Å². The molecule has 17 heavy (non-hydrogen) atoms. The quantitative estimate of drug-likeness (QED) is 0.524. The minimum absolute atomic E-state index is 0.00323. The Morgan fingerprint density at radius 1 is 1.59 bits per heavy atom. The SMILES string of the molecule is CCOC(=O)C1CCCN1CC(=O)NCC#N. The van der Waals surface area contributed by atoms with Crippen LogP contribution >= 0.6 is 0 Å². The molecule has 1 aliphatic rings. The lowest BCUT2D eigenvalue weighted by molar-refractivity contribution is -0.148. The van der Waals surface area contributed by atoms with Crippen LogP contribution in [-0.2, 0) is 14.3 Å². The van der Waals surface area contributed by atoms with Crippen molar-refractivity contribution in [2.45, 2.75) is 25.8 Å². The van der Waals surface area contributed by atoms with Gasteiger partial charge in [0.2, 0.25) is 5.91 Å². The minimum atomic E-state index is -0.317. The molecule has 1 amide bonds. The number of nitriles is 1. The molecule has 6 nitrogen and oxygen atoms in total. The Hall–Kier alpha value is -1.61. The second-order valence-electron chi connectivity index (χ2n) is 3.82. The molecular formula is C11H17N3O3. The number of hydrogen-bond acceptors (Lipinski definition) is 5. The van der Waals surface area contributed by atoms with Crippen molar-refractivity contribution >= 4 is 11.9 Å².